The summed E-state index contributed by atoms with van der Waals surface area (Å²) in [5.74, 6) is 0.549. The summed E-state index contributed by atoms with van der Waals surface area (Å²) in [6.07, 6.45) is 3.05. The lowest BCUT2D eigenvalue weighted by molar-refractivity contribution is 0.424. The number of benzene rings is 1. The lowest BCUT2D eigenvalue weighted by atomic mass is 9.99. The number of rotatable bonds is 3. The standard InChI is InChI=1S/C14H18FN3/c1-3-14(2,16)13-17-12-10(15)5-4-6-11(12)18(13)9-7-8-9/h4-6,9H,3,7-8,16H2,1-2H3. The molecule has 1 aromatic carbocycles. The number of para-hydroxylation sites is 1. The zero-order valence-corrected chi connectivity index (χ0v) is 10.8. The number of halogens is 1. The number of imidazole rings is 1. The van der Waals surface area contributed by atoms with Crippen LogP contribution in [0.15, 0.2) is 18.2 Å². The van der Waals surface area contributed by atoms with Gasteiger partial charge in [-0.2, -0.15) is 0 Å². The summed E-state index contributed by atoms with van der Waals surface area (Å²) in [6, 6.07) is 5.57. The topological polar surface area (TPSA) is 43.8 Å². The average Bonchev–Trinajstić information content (AvgIpc) is 3.10. The second-order valence-electron chi connectivity index (χ2n) is 5.42. The third kappa shape index (κ3) is 1.63. The van der Waals surface area contributed by atoms with Gasteiger partial charge in [0.15, 0.2) is 5.82 Å². The largest absolute Gasteiger partial charge is 0.323 e. The van der Waals surface area contributed by atoms with Crippen LogP contribution in [0.1, 0.15) is 45.0 Å². The van der Waals surface area contributed by atoms with Crippen LogP contribution in [0.5, 0.6) is 0 Å². The van der Waals surface area contributed by atoms with Crippen molar-refractivity contribution in [2.75, 3.05) is 0 Å². The van der Waals surface area contributed by atoms with Gasteiger partial charge in [0.05, 0.1) is 11.1 Å². The van der Waals surface area contributed by atoms with E-state index in [1.165, 1.54) is 6.07 Å². The van der Waals surface area contributed by atoms with Gasteiger partial charge >= 0.3 is 0 Å². The molecule has 2 aromatic rings. The first-order valence-corrected chi connectivity index (χ1v) is 6.50. The number of aromatic nitrogens is 2. The van der Waals surface area contributed by atoms with Gasteiger partial charge in [0.25, 0.3) is 0 Å². The van der Waals surface area contributed by atoms with Gasteiger partial charge in [0, 0.05) is 6.04 Å². The lowest BCUT2D eigenvalue weighted by Gasteiger charge is -2.23. The van der Waals surface area contributed by atoms with Gasteiger partial charge in [-0.1, -0.05) is 13.0 Å². The summed E-state index contributed by atoms with van der Waals surface area (Å²) in [4.78, 5) is 4.48. The van der Waals surface area contributed by atoms with E-state index in [1.54, 1.807) is 6.07 Å². The van der Waals surface area contributed by atoms with Gasteiger partial charge < -0.3 is 10.3 Å². The molecule has 0 amide bonds. The molecule has 1 fully saturated rings. The fourth-order valence-corrected chi connectivity index (χ4v) is 2.35. The molecule has 1 atom stereocenters. The van der Waals surface area contributed by atoms with E-state index in [0.29, 0.717) is 11.6 Å². The number of nitrogens with two attached hydrogens (primary N) is 1. The van der Waals surface area contributed by atoms with Crippen LogP contribution in [0.3, 0.4) is 0 Å². The van der Waals surface area contributed by atoms with E-state index in [2.05, 4.69) is 9.55 Å². The molecule has 0 saturated heterocycles. The Balaban J connectivity index is 2.30. The number of hydrogen-bond donors (Lipinski definition) is 1. The molecule has 1 aliphatic carbocycles. The summed E-state index contributed by atoms with van der Waals surface area (Å²) in [7, 11) is 0. The van der Waals surface area contributed by atoms with E-state index in [4.69, 9.17) is 5.73 Å². The molecule has 0 aliphatic heterocycles. The fraction of sp³-hybridized carbons (Fsp3) is 0.500. The van der Waals surface area contributed by atoms with Gasteiger partial charge in [0.2, 0.25) is 0 Å². The van der Waals surface area contributed by atoms with Crippen molar-refractivity contribution in [1.82, 2.24) is 9.55 Å². The minimum absolute atomic E-state index is 0.264. The molecule has 4 heteroatoms. The molecule has 1 saturated carbocycles. The van der Waals surface area contributed by atoms with Crippen molar-refractivity contribution in [1.29, 1.82) is 0 Å². The zero-order valence-electron chi connectivity index (χ0n) is 10.8. The Bertz CT molecular complexity index is 596. The monoisotopic (exact) mass is 247 g/mol. The highest BCUT2D eigenvalue weighted by atomic mass is 19.1. The van der Waals surface area contributed by atoms with Crippen LogP contribution in [0.4, 0.5) is 4.39 Å². The normalized spacial score (nSPS) is 19.1. The van der Waals surface area contributed by atoms with Crippen molar-refractivity contribution in [2.24, 2.45) is 5.73 Å². The van der Waals surface area contributed by atoms with E-state index < -0.39 is 5.54 Å². The second kappa shape index (κ2) is 3.79. The molecular formula is C14H18FN3. The Labute approximate surface area is 106 Å². The minimum atomic E-state index is -0.506. The van der Waals surface area contributed by atoms with Crippen LogP contribution in [0, 0.1) is 5.82 Å². The summed E-state index contributed by atoms with van der Waals surface area (Å²) < 4.78 is 16.0. The smallest absolute Gasteiger partial charge is 0.151 e. The van der Waals surface area contributed by atoms with Gasteiger partial charge in [-0.05, 0) is 38.3 Å². The average molecular weight is 247 g/mol. The summed E-state index contributed by atoms with van der Waals surface area (Å²) in [5, 5.41) is 0. The molecule has 2 N–H and O–H groups in total. The quantitative estimate of drug-likeness (QED) is 0.905. The molecule has 96 valence electrons. The molecule has 0 bridgehead atoms. The van der Waals surface area contributed by atoms with Gasteiger partial charge in [0.1, 0.15) is 11.3 Å². The Hall–Kier alpha value is -1.42. The summed E-state index contributed by atoms with van der Waals surface area (Å²) in [5.41, 5.74) is 7.13. The van der Waals surface area contributed by atoms with Crippen LogP contribution in [-0.2, 0) is 5.54 Å². The van der Waals surface area contributed by atoms with E-state index in [-0.39, 0.29) is 5.82 Å². The van der Waals surface area contributed by atoms with E-state index in [0.717, 1.165) is 30.6 Å². The van der Waals surface area contributed by atoms with Crippen LogP contribution in [0.25, 0.3) is 11.0 Å². The third-order valence-corrected chi connectivity index (χ3v) is 3.83. The van der Waals surface area contributed by atoms with E-state index >= 15 is 0 Å². The van der Waals surface area contributed by atoms with Crippen molar-refractivity contribution in [3.63, 3.8) is 0 Å². The minimum Gasteiger partial charge on any atom is -0.323 e. The second-order valence-corrected chi connectivity index (χ2v) is 5.42. The Morgan fingerprint density at radius 3 is 2.83 bits per heavy atom. The number of hydrogen-bond acceptors (Lipinski definition) is 2. The molecule has 3 nitrogen and oxygen atoms in total. The number of nitrogens with zero attached hydrogens (tertiary/aromatic N) is 2. The predicted octanol–water partition coefficient (Wildman–Crippen LogP) is 3.09. The molecular weight excluding hydrogens is 229 g/mol. The Morgan fingerprint density at radius 2 is 2.22 bits per heavy atom. The Kier molecular flexibility index (Phi) is 2.45. The first-order valence-electron chi connectivity index (χ1n) is 6.50. The fourth-order valence-electron chi connectivity index (χ4n) is 2.35. The third-order valence-electron chi connectivity index (χ3n) is 3.83. The highest BCUT2D eigenvalue weighted by molar-refractivity contribution is 5.77. The molecule has 3 rings (SSSR count). The molecule has 18 heavy (non-hydrogen) atoms. The highest BCUT2D eigenvalue weighted by Crippen LogP contribution is 2.41. The van der Waals surface area contributed by atoms with Crippen LogP contribution in [0.2, 0.25) is 0 Å². The SMILES string of the molecule is CCC(C)(N)c1nc2c(F)cccc2n1C1CC1. The summed E-state index contributed by atoms with van der Waals surface area (Å²) in [6.45, 7) is 4.00. The van der Waals surface area contributed by atoms with Crippen molar-refractivity contribution in [2.45, 2.75) is 44.7 Å². The van der Waals surface area contributed by atoms with Crippen molar-refractivity contribution >= 4 is 11.0 Å². The molecule has 1 aliphatic rings. The van der Waals surface area contributed by atoms with E-state index in [1.807, 2.05) is 19.9 Å². The van der Waals surface area contributed by atoms with Crippen LogP contribution < -0.4 is 5.73 Å². The zero-order chi connectivity index (χ0) is 12.9. The molecule has 0 radical (unpaired) electrons. The van der Waals surface area contributed by atoms with Crippen LogP contribution in [-0.4, -0.2) is 9.55 Å². The maximum Gasteiger partial charge on any atom is 0.151 e. The van der Waals surface area contributed by atoms with E-state index in [9.17, 15) is 4.39 Å². The first kappa shape index (κ1) is 11.7. The molecule has 0 spiro atoms. The Morgan fingerprint density at radius 1 is 1.50 bits per heavy atom. The molecule has 1 unspecified atom stereocenters. The van der Waals surface area contributed by atoms with Crippen LogP contribution >= 0.6 is 0 Å². The maximum atomic E-state index is 13.8. The maximum absolute atomic E-state index is 13.8. The van der Waals surface area contributed by atoms with Gasteiger partial charge in [-0.3, -0.25) is 0 Å². The highest BCUT2D eigenvalue weighted by Gasteiger charge is 2.34. The molecule has 1 heterocycles. The van der Waals surface area contributed by atoms with Crippen molar-refractivity contribution < 1.29 is 4.39 Å². The molecule has 1 aromatic heterocycles. The first-order chi connectivity index (χ1) is 8.54. The van der Waals surface area contributed by atoms with Gasteiger partial charge in [-0.25, -0.2) is 9.37 Å². The number of fused-ring (bicyclic) bond motifs is 1. The van der Waals surface area contributed by atoms with Crippen molar-refractivity contribution in [3.8, 4) is 0 Å². The van der Waals surface area contributed by atoms with Crippen molar-refractivity contribution in [3.05, 3.63) is 29.8 Å². The lowest BCUT2D eigenvalue weighted by Crippen LogP contribution is -2.35. The predicted molar refractivity (Wildman–Crippen MR) is 69.8 cm³/mol. The van der Waals surface area contributed by atoms with Gasteiger partial charge in [-0.15, -0.1) is 0 Å². The summed E-state index contributed by atoms with van der Waals surface area (Å²) >= 11 is 0.